The molecule has 4 heteroatoms. The molecule has 2 atom stereocenters. The van der Waals surface area contributed by atoms with Crippen molar-refractivity contribution in [3.05, 3.63) is 65.5 Å². The van der Waals surface area contributed by atoms with E-state index >= 15 is 0 Å². The van der Waals surface area contributed by atoms with E-state index in [9.17, 15) is 9.50 Å². The molecule has 0 saturated carbocycles. The summed E-state index contributed by atoms with van der Waals surface area (Å²) >= 11 is 0. The van der Waals surface area contributed by atoms with Crippen LogP contribution in [0.15, 0.2) is 48.5 Å². The van der Waals surface area contributed by atoms with Crippen LogP contribution in [0.3, 0.4) is 0 Å². The van der Waals surface area contributed by atoms with Gasteiger partial charge in [-0.3, -0.25) is 4.90 Å². The van der Waals surface area contributed by atoms with Gasteiger partial charge >= 0.3 is 0 Å². The van der Waals surface area contributed by atoms with Gasteiger partial charge in [0.15, 0.2) is 0 Å². The first-order chi connectivity index (χ1) is 10.5. The number of rotatable bonds is 6. The molecule has 118 valence electrons. The smallest absolute Gasteiger partial charge is 0.123 e. The average Bonchev–Trinajstić information content (AvgIpc) is 2.54. The lowest BCUT2D eigenvalue weighted by Crippen LogP contribution is -2.27. The predicted octanol–water partition coefficient (Wildman–Crippen LogP) is 3.56. The molecular weight excluding hydrogens is 281 g/mol. The molecule has 0 saturated heterocycles. The quantitative estimate of drug-likeness (QED) is 0.885. The van der Waals surface area contributed by atoms with Crippen LogP contribution in [-0.2, 0) is 0 Å². The molecule has 0 aromatic heterocycles. The van der Waals surface area contributed by atoms with E-state index in [1.807, 2.05) is 31.3 Å². The Kier molecular flexibility index (Phi) is 5.52. The molecular formula is C18H22FNO2. The summed E-state index contributed by atoms with van der Waals surface area (Å²) in [6.45, 7) is 2.55. The highest BCUT2D eigenvalue weighted by atomic mass is 19.1. The Morgan fingerprint density at radius 3 is 2.14 bits per heavy atom. The minimum atomic E-state index is -0.647. The van der Waals surface area contributed by atoms with Gasteiger partial charge in [-0.1, -0.05) is 24.3 Å². The van der Waals surface area contributed by atoms with Gasteiger partial charge in [0, 0.05) is 12.6 Å². The number of nitrogens with zero attached hydrogens (tertiary/aromatic N) is 1. The lowest BCUT2D eigenvalue weighted by atomic mass is 10.0. The third-order valence-electron chi connectivity index (χ3n) is 3.98. The van der Waals surface area contributed by atoms with Gasteiger partial charge in [-0.15, -0.1) is 0 Å². The van der Waals surface area contributed by atoms with E-state index in [0.29, 0.717) is 6.54 Å². The van der Waals surface area contributed by atoms with E-state index < -0.39 is 6.10 Å². The monoisotopic (exact) mass is 303 g/mol. The summed E-state index contributed by atoms with van der Waals surface area (Å²) < 4.78 is 18.1. The third-order valence-corrected chi connectivity index (χ3v) is 3.98. The summed E-state index contributed by atoms with van der Waals surface area (Å²) in [6, 6.07) is 14.0. The number of aliphatic hydroxyl groups excluding tert-OH is 1. The molecule has 1 N–H and O–H groups in total. The van der Waals surface area contributed by atoms with Gasteiger partial charge in [0.25, 0.3) is 0 Å². The van der Waals surface area contributed by atoms with Crippen LogP contribution in [0.25, 0.3) is 0 Å². The van der Waals surface area contributed by atoms with Gasteiger partial charge < -0.3 is 9.84 Å². The molecule has 2 aromatic carbocycles. The van der Waals surface area contributed by atoms with Crippen LogP contribution < -0.4 is 4.74 Å². The molecule has 0 fully saturated rings. The van der Waals surface area contributed by atoms with Crippen molar-refractivity contribution in [1.29, 1.82) is 0 Å². The topological polar surface area (TPSA) is 32.7 Å². The average molecular weight is 303 g/mol. The summed E-state index contributed by atoms with van der Waals surface area (Å²) in [5.41, 5.74) is 1.87. The van der Waals surface area contributed by atoms with Crippen molar-refractivity contribution in [2.24, 2.45) is 0 Å². The van der Waals surface area contributed by atoms with E-state index in [1.54, 1.807) is 19.2 Å². The van der Waals surface area contributed by atoms with Crippen LogP contribution in [0, 0.1) is 5.82 Å². The van der Waals surface area contributed by atoms with Crippen LogP contribution in [-0.4, -0.2) is 30.7 Å². The molecule has 3 nitrogen and oxygen atoms in total. The van der Waals surface area contributed by atoms with Crippen molar-refractivity contribution in [1.82, 2.24) is 4.90 Å². The number of methoxy groups -OCH3 is 1. The molecule has 0 aliphatic heterocycles. The van der Waals surface area contributed by atoms with Gasteiger partial charge in [-0.25, -0.2) is 4.39 Å². The van der Waals surface area contributed by atoms with Gasteiger partial charge in [-0.2, -0.15) is 0 Å². The normalized spacial score (nSPS) is 13.9. The fourth-order valence-corrected chi connectivity index (χ4v) is 2.36. The molecule has 2 aromatic rings. The molecule has 2 unspecified atom stereocenters. The first-order valence-electron chi connectivity index (χ1n) is 7.29. The molecule has 2 rings (SSSR count). The second-order valence-corrected chi connectivity index (χ2v) is 5.46. The summed E-state index contributed by atoms with van der Waals surface area (Å²) in [4.78, 5) is 2.07. The molecule has 0 aliphatic rings. The van der Waals surface area contributed by atoms with Gasteiger partial charge in [0.2, 0.25) is 0 Å². The molecule has 0 radical (unpaired) electrons. The van der Waals surface area contributed by atoms with Crippen LogP contribution in [0.5, 0.6) is 5.75 Å². The minimum Gasteiger partial charge on any atom is -0.497 e. The Balaban J connectivity index is 2.00. The maximum atomic E-state index is 12.9. The van der Waals surface area contributed by atoms with Crippen LogP contribution >= 0.6 is 0 Å². The standard InChI is InChI=1S/C18H22FNO2/c1-13(14-6-10-17(22-3)11-7-14)20(2)12-18(21)15-4-8-16(19)9-5-15/h4-11,13,18,21H,12H2,1-3H3. The third kappa shape index (κ3) is 4.06. The number of ether oxygens (including phenoxy) is 1. The van der Waals surface area contributed by atoms with E-state index in [0.717, 1.165) is 16.9 Å². The fraction of sp³-hybridized carbons (Fsp3) is 0.333. The van der Waals surface area contributed by atoms with E-state index in [-0.39, 0.29) is 11.9 Å². The maximum Gasteiger partial charge on any atom is 0.123 e. The highest BCUT2D eigenvalue weighted by Gasteiger charge is 2.16. The van der Waals surface area contributed by atoms with Gasteiger partial charge in [0.1, 0.15) is 11.6 Å². The first kappa shape index (κ1) is 16.5. The molecule has 0 amide bonds. The minimum absolute atomic E-state index is 0.154. The number of hydrogen-bond acceptors (Lipinski definition) is 3. The maximum absolute atomic E-state index is 12.9. The lowest BCUT2D eigenvalue weighted by molar-refractivity contribution is 0.108. The molecule has 22 heavy (non-hydrogen) atoms. The second-order valence-electron chi connectivity index (χ2n) is 5.46. The zero-order chi connectivity index (χ0) is 16.1. The Bertz CT molecular complexity index is 583. The molecule has 0 heterocycles. The van der Waals surface area contributed by atoms with Crippen molar-refractivity contribution in [2.45, 2.75) is 19.1 Å². The van der Waals surface area contributed by atoms with E-state index in [1.165, 1.54) is 12.1 Å². The summed E-state index contributed by atoms with van der Waals surface area (Å²) in [5, 5.41) is 10.3. The highest BCUT2D eigenvalue weighted by molar-refractivity contribution is 5.29. The van der Waals surface area contributed by atoms with Gasteiger partial charge in [0.05, 0.1) is 13.2 Å². The first-order valence-corrected chi connectivity index (χ1v) is 7.29. The zero-order valence-electron chi connectivity index (χ0n) is 13.2. The van der Waals surface area contributed by atoms with Crippen molar-refractivity contribution in [3.8, 4) is 5.75 Å². The van der Waals surface area contributed by atoms with Gasteiger partial charge in [-0.05, 0) is 49.4 Å². The number of aliphatic hydroxyl groups is 1. The number of hydrogen-bond donors (Lipinski definition) is 1. The largest absolute Gasteiger partial charge is 0.497 e. The lowest BCUT2D eigenvalue weighted by Gasteiger charge is -2.27. The van der Waals surface area contributed by atoms with Crippen LogP contribution in [0.4, 0.5) is 4.39 Å². The second kappa shape index (κ2) is 7.38. The van der Waals surface area contributed by atoms with Crippen LogP contribution in [0.2, 0.25) is 0 Å². The summed E-state index contributed by atoms with van der Waals surface area (Å²) in [7, 11) is 3.60. The molecule has 0 spiro atoms. The highest BCUT2D eigenvalue weighted by Crippen LogP contribution is 2.24. The fourth-order valence-electron chi connectivity index (χ4n) is 2.36. The van der Waals surface area contributed by atoms with E-state index in [2.05, 4.69) is 11.8 Å². The summed E-state index contributed by atoms with van der Waals surface area (Å²) in [6.07, 6.45) is -0.647. The Morgan fingerprint density at radius 1 is 1.05 bits per heavy atom. The SMILES string of the molecule is COc1ccc(C(C)N(C)CC(O)c2ccc(F)cc2)cc1. The zero-order valence-corrected chi connectivity index (χ0v) is 13.2. The van der Waals surface area contributed by atoms with Crippen LogP contribution in [0.1, 0.15) is 30.2 Å². The number of halogens is 1. The van der Waals surface area contributed by atoms with Crippen molar-refractivity contribution in [3.63, 3.8) is 0 Å². The number of benzene rings is 2. The van der Waals surface area contributed by atoms with E-state index in [4.69, 9.17) is 4.74 Å². The Morgan fingerprint density at radius 2 is 1.59 bits per heavy atom. The van der Waals surface area contributed by atoms with Crippen molar-refractivity contribution >= 4 is 0 Å². The predicted molar refractivity (Wildman–Crippen MR) is 85.4 cm³/mol. The Hall–Kier alpha value is -1.91. The van der Waals surface area contributed by atoms with Crippen molar-refractivity contribution in [2.75, 3.05) is 20.7 Å². The number of likely N-dealkylation sites (N-methyl/N-ethyl adjacent to an activating group) is 1. The molecule has 0 aliphatic carbocycles. The van der Waals surface area contributed by atoms with Crippen molar-refractivity contribution < 1.29 is 14.2 Å². The molecule has 0 bridgehead atoms. The summed E-state index contributed by atoms with van der Waals surface area (Å²) in [5.74, 6) is 0.529. The Labute approximate surface area is 131 Å².